The van der Waals surface area contributed by atoms with Crippen molar-refractivity contribution < 1.29 is 9.79 Å². The molecule has 1 rings (SSSR count). The van der Waals surface area contributed by atoms with E-state index in [1.54, 1.807) is 0 Å². The molecular formula is C4H8NO2PS2. The summed E-state index contributed by atoms with van der Waals surface area (Å²) in [5.41, 5.74) is 0. The van der Waals surface area contributed by atoms with Gasteiger partial charge in [-0.15, -0.1) is 0 Å². The molecule has 10 heavy (non-hydrogen) atoms. The summed E-state index contributed by atoms with van der Waals surface area (Å²) in [6.45, 7) is -2.10. The first kappa shape index (κ1) is 8.71. The van der Waals surface area contributed by atoms with Gasteiger partial charge in [-0.1, -0.05) is 12.2 Å². The minimum atomic E-state index is -3.17. The molecule has 0 aromatic rings. The van der Waals surface area contributed by atoms with Crippen LogP contribution in [0.2, 0.25) is 0 Å². The van der Waals surface area contributed by atoms with Gasteiger partial charge >= 0.3 is 0 Å². The van der Waals surface area contributed by atoms with E-state index in [0.717, 1.165) is 11.3 Å². The minimum absolute atomic E-state index is 0.472. The standard InChI is InChI=1S/C4H8NO2PS2/c6-8(7,10)5-2-1-4(9)3-5/h1-3H2,(H2,6,7,10). The third-order valence-corrected chi connectivity index (χ3v) is 3.48. The van der Waals surface area contributed by atoms with Crippen LogP contribution in [0.15, 0.2) is 0 Å². The summed E-state index contributed by atoms with van der Waals surface area (Å²) in [4.78, 5) is 18.8. The third kappa shape index (κ3) is 2.05. The van der Waals surface area contributed by atoms with Gasteiger partial charge < -0.3 is 9.79 Å². The van der Waals surface area contributed by atoms with Crippen LogP contribution in [0.4, 0.5) is 0 Å². The Morgan fingerprint density at radius 1 is 1.50 bits per heavy atom. The fourth-order valence-electron chi connectivity index (χ4n) is 0.838. The summed E-state index contributed by atoms with van der Waals surface area (Å²) >= 11 is 9.36. The van der Waals surface area contributed by atoms with Crippen LogP contribution in [-0.4, -0.2) is 32.4 Å². The van der Waals surface area contributed by atoms with Crippen molar-refractivity contribution in [3.8, 4) is 0 Å². The van der Waals surface area contributed by atoms with Crippen LogP contribution in [0.25, 0.3) is 0 Å². The Bertz CT molecular complexity index is 201. The Labute approximate surface area is 69.9 Å². The Hall–Kier alpha value is 0.620. The molecule has 6 heteroatoms. The summed E-state index contributed by atoms with van der Waals surface area (Å²) in [7, 11) is 0. The van der Waals surface area contributed by atoms with Gasteiger partial charge in [0, 0.05) is 18.0 Å². The van der Waals surface area contributed by atoms with Gasteiger partial charge in [0.05, 0.1) is 0 Å². The molecule has 0 unspecified atom stereocenters. The van der Waals surface area contributed by atoms with Crippen molar-refractivity contribution in [1.82, 2.24) is 4.67 Å². The summed E-state index contributed by atoms with van der Waals surface area (Å²) in [6.07, 6.45) is 0.759. The predicted molar refractivity (Wildman–Crippen MR) is 47.5 cm³/mol. The fourth-order valence-corrected chi connectivity index (χ4v) is 2.31. The average molecular weight is 197 g/mol. The lowest BCUT2D eigenvalue weighted by Gasteiger charge is -2.18. The molecule has 1 saturated heterocycles. The summed E-state index contributed by atoms with van der Waals surface area (Å²) < 4.78 is 1.46. The SMILES string of the molecule is OP(O)(=S)N1CCC(=S)C1. The summed E-state index contributed by atoms with van der Waals surface area (Å²) in [5.74, 6) is 0. The van der Waals surface area contributed by atoms with E-state index in [1.807, 2.05) is 0 Å². The minimum Gasteiger partial charge on any atom is -0.334 e. The van der Waals surface area contributed by atoms with Crippen molar-refractivity contribution in [1.29, 1.82) is 0 Å². The third-order valence-electron chi connectivity index (χ3n) is 1.38. The lowest BCUT2D eigenvalue weighted by Crippen LogP contribution is -2.15. The second-order valence-electron chi connectivity index (χ2n) is 2.19. The van der Waals surface area contributed by atoms with Crippen molar-refractivity contribution in [2.75, 3.05) is 13.1 Å². The lowest BCUT2D eigenvalue weighted by atomic mass is 10.4. The van der Waals surface area contributed by atoms with Crippen LogP contribution in [-0.2, 0) is 11.8 Å². The first-order chi connectivity index (χ1) is 4.50. The quantitative estimate of drug-likeness (QED) is 0.466. The highest BCUT2D eigenvalue weighted by Gasteiger charge is 2.26. The van der Waals surface area contributed by atoms with Crippen LogP contribution in [0, 0.1) is 0 Å². The fraction of sp³-hybridized carbons (Fsp3) is 0.750. The van der Waals surface area contributed by atoms with Gasteiger partial charge in [-0.2, -0.15) is 0 Å². The van der Waals surface area contributed by atoms with E-state index in [9.17, 15) is 0 Å². The van der Waals surface area contributed by atoms with E-state index >= 15 is 0 Å². The Kier molecular flexibility index (Phi) is 2.55. The zero-order valence-corrected chi connectivity index (χ0v) is 7.75. The summed E-state index contributed by atoms with van der Waals surface area (Å²) in [6, 6.07) is 0. The predicted octanol–water partition coefficient (Wildman–Crippen LogP) is 0.271. The van der Waals surface area contributed by atoms with E-state index in [-0.39, 0.29) is 0 Å². The normalized spacial score (nSPS) is 22.0. The molecule has 0 radical (unpaired) electrons. The van der Waals surface area contributed by atoms with Gasteiger partial charge in [0.2, 0.25) is 0 Å². The van der Waals surface area contributed by atoms with Crippen molar-refractivity contribution in [3.05, 3.63) is 0 Å². The van der Waals surface area contributed by atoms with E-state index in [2.05, 4.69) is 11.8 Å². The number of hydrogen-bond donors (Lipinski definition) is 2. The Morgan fingerprint density at radius 2 is 2.10 bits per heavy atom. The van der Waals surface area contributed by atoms with Gasteiger partial charge in [0.15, 0.2) is 0 Å². The van der Waals surface area contributed by atoms with Crippen LogP contribution in [0.5, 0.6) is 0 Å². The summed E-state index contributed by atoms with van der Waals surface area (Å²) in [5, 5.41) is 0. The van der Waals surface area contributed by atoms with Crippen molar-refractivity contribution >= 4 is 35.5 Å². The molecule has 1 fully saturated rings. The highest BCUT2D eigenvalue weighted by Crippen LogP contribution is 2.42. The zero-order valence-electron chi connectivity index (χ0n) is 5.23. The lowest BCUT2D eigenvalue weighted by molar-refractivity contribution is 0.380. The first-order valence-corrected chi connectivity index (χ1v) is 5.90. The monoisotopic (exact) mass is 197 g/mol. The maximum atomic E-state index is 8.98. The highest BCUT2D eigenvalue weighted by atomic mass is 32.5. The average Bonchev–Trinajstić information content (AvgIpc) is 2.11. The molecule has 0 aromatic carbocycles. The number of nitrogens with zero attached hydrogens (tertiary/aromatic N) is 1. The number of rotatable bonds is 1. The molecule has 58 valence electrons. The smallest absolute Gasteiger partial charge is 0.259 e. The largest absolute Gasteiger partial charge is 0.334 e. The molecule has 1 heterocycles. The van der Waals surface area contributed by atoms with E-state index < -0.39 is 6.64 Å². The second-order valence-corrected chi connectivity index (χ2v) is 5.83. The molecular weight excluding hydrogens is 189 g/mol. The topological polar surface area (TPSA) is 43.7 Å². The molecule has 0 spiro atoms. The maximum Gasteiger partial charge on any atom is 0.259 e. The number of hydrogen-bond acceptors (Lipinski definition) is 2. The molecule has 1 aliphatic rings. The molecule has 0 saturated carbocycles. The molecule has 0 amide bonds. The molecule has 0 bridgehead atoms. The van der Waals surface area contributed by atoms with Crippen LogP contribution in [0.3, 0.4) is 0 Å². The Balaban J connectivity index is 2.62. The molecule has 2 N–H and O–H groups in total. The molecule has 0 aliphatic carbocycles. The van der Waals surface area contributed by atoms with E-state index in [1.165, 1.54) is 4.67 Å². The van der Waals surface area contributed by atoms with E-state index in [0.29, 0.717) is 13.1 Å². The van der Waals surface area contributed by atoms with Gasteiger partial charge in [0.1, 0.15) is 0 Å². The van der Waals surface area contributed by atoms with Crippen molar-refractivity contribution in [3.63, 3.8) is 0 Å². The molecule has 3 nitrogen and oxygen atoms in total. The first-order valence-electron chi connectivity index (χ1n) is 2.83. The van der Waals surface area contributed by atoms with Gasteiger partial charge in [0.25, 0.3) is 6.64 Å². The van der Waals surface area contributed by atoms with Crippen molar-refractivity contribution in [2.24, 2.45) is 0 Å². The maximum absolute atomic E-state index is 8.98. The number of thiocarbonyl (C=S) groups is 1. The van der Waals surface area contributed by atoms with Gasteiger partial charge in [-0.25, -0.2) is 4.67 Å². The van der Waals surface area contributed by atoms with Crippen LogP contribution in [0.1, 0.15) is 6.42 Å². The van der Waals surface area contributed by atoms with Crippen molar-refractivity contribution in [2.45, 2.75) is 6.42 Å². The molecule has 1 aliphatic heterocycles. The zero-order chi connectivity index (χ0) is 7.78. The van der Waals surface area contributed by atoms with E-state index in [4.69, 9.17) is 22.0 Å². The van der Waals surface area contributed by atoms with Crippen LogP contribution >= 0.6 is 18.9 Å². The molecule has 0 atom stereocenters. The second kappa shape index (κ2) is 2.93. The van der Waals surface area contributed by atoms with Gasteiger partial charge in [-0.05, 0) is 18.2 Å². The highest BCUT2D eigenvalue weighted by molar-refractivity contribution is 8.07. The van der Waals surface area contributed by atoms with Gasteiger partial charge in [-0.3, -0.25) is 0 Å². The Morgan fingerprint density at radius 3 is 2.30 bits per heavy atom. The van der Waals surface area contributed by atoms with Crippen LogP contribution < -0.4 is 0 Å². The molecule has 0 aromatic heterocycles.